The van der Waals surface area contributed by atoms with Crippen LogP contribution in [-0.2, 0) is 35.5 Å². The Morgan fingerprint density at radius 1 is 1.30 bits per heavy atom. The first-order valence-corrected chi connectivity index (χ1v) is 8.11. The summed E-state index contributed by atoms with van der Waals surface area (Å²) >= 11 is 3.91. The van der Waals surface area contributed by atoms with Crippen molar-refractivity contribution in [3.8, 4) is 11.3 Å². The van der Waals surface area contributed by atoms with Gasteiger partial charge in [-0.2, -0.15) is 0 Å². The monoisotopic (exact) mass is 333 g/mol. The second-order valence-electron chi connectivity index (χ2n) is 5.70. The fourth-order valence-corrected chi connectivity index (χ4v) is 3.66. The zero-order valence-corrected chi connectivity index (χ0v) is 14.5. The number of benzene rings is 1. The van der Waals surface area contributed by atoms with Crippen LogP contribution in [0.4, 0.5) is 0 Å². The SMILES string of the molecule is Cc1c2c(n(C)c1-c1ccccc1COS)CCCC2.O=CO. The van der Waals surface area contributed by atoms with Crippen LogP contribution in [0.25, 0.3) is 11.3 Å². The molecule has 0 radical (unpaired) electrons. The van der Waals surface area contributed by atoms with Crippen molar-refractivity contribution in [3.63, 3.8) is 0 Å². The second kappa shape index (κ2) is 8.22. The minimum absolute atomic E-state index is 0.250. The first-order valence-electron chi connectivity index (χ1n) is 7.75. The number of thiol groups is 1. The number of hydrogen-bond acceptors (Lipinski definition) is 3. The molecule has 0 amide bonds. The van der Waals surface area contributed by atoms with Crippen LogP contribution in [-0.4, -0.2) is 16.1 Å². The number of rotatable bonds is 3. The lowest BCUT2D eigenvalue weighted by Crippen LogP contribution is -2.06. The standard InChI is InChI=1S/C17H21NOS.CH2O2/c1-12-14-8-5-6-10-16(14)18(2)17(12)15-9-4-3-7-13(15)11-19-20;2-1-3/h3-4,7,9,20H,5-6,8,10-11H2,1-2H3;1H,(H,2,3). The van der Waals surface area contributed by atoms with E-state index in [1.807, 2.05) is 0 Å². The van der Waals surface area contributed by atoms with Crippen LogP contribution in [0.3, 0.4) is 0 Å². The second-order valence-corrected chi connectivity index (χ2v) is 5.96. The largest absolute Gasteiger partial charge is 0.483 e. The van der Waals surface area contributed by atoms with Gasteiger partial charge in [0.1, 0.15) is 0 Å². The summed E-state index contributed by atoms with van der Waals surface area (Å²) in [7, 11) is 2.20. The van der Waals surface area contributed by atoms with Gasteiger partial charge in [-0.1, -0.05) is 24.3 Å². The molecule has 1 aliphatic carbocycles. The third-order valence-corrected chi connectivity index (χ3v) is 4.61. The molecule has 0 aliphatic heterocycles. The van der Waals surface area contributed by atoms with Gasteiger partial charge in [-0.3, -0.25) is 4.79 Å². The molecular formula is C18H23NO3S. The molecular weight excluding hydrogens is 310 g/mol. The summed E-state index contributed by atoms with van der Waals surface area (Å²) in [5, 5.41) is 6.89. The van der Waals surface area contributed by atoms with Crippen molar-refractivity contribution in [2.45, 2.75) is 39.2 Å². The predicted molar refractivity (Wildman–Crippen MR) is 94.7 cm³/mol. The van der Waals surface area contributed by atoms with Crippen LogP contribution in [0.2, 0.25) is 0 Å². The number of carbonyl (C=O) groups is 1. The van der Waals surface area contributed by atoms with E-state index >= 15 is 0 Å². The molecule has 0 saturated heterocycles. The average molecular weight is 333 g/mol. The van der Waals surface area contributed by atoms with Gasteiger partial charge < -0.3 is 13.9 Å². The zero-order chi connectivity index (χ0) is 16.8. The maximum Gasteiger partial charge on any atom is 0.290 e. The number of carboxylic acid groups (broad SMARTS) is 1. The number of hydrogen-bond donors (Lipinski definition) is 2. The van der Waals surface area contributed by atoms with Crippen molar-refractivity contribution in [2.24, 2.45) is 7.05 Å². The summed E-state index contributed by atoms with van der Waals surface area (Å²) < 4.78 is 7.45. The molecule has 0 atom stereocenters. The third-order valence-electron chi connectivity index (χ3n) is 4.48. The molecule has 1 aromatic carbocycles. The molecule has 1 aliphatic rings. The Kier molecular flexibility index (Phi) is 6.30. The van der Waals surface area contributed by atoms with Gasteiger partial charge in [-0.05, 0) is 62.2 Å². The summed E-state index contributed by atoms with van der Waals surface area (Å²) in [6.07, 6.45) is 5.06. The molecule has 5 heteroatoms. The van der Waals surface area contributed by atoms with Gasteiger partial charge >= 0.3 is 0 Å². The Labute approximate surface area is 142 Å². The zero-order valence-electron chi connectivity index (χ0n) is 13.6. The highest BCUT2D eigenvalue weighted by molar-refractivity contribution is 7.75. The Bertz CT molecular complexity index is 650. The minimum atomic E-state index is -0.250. The smallest absolute Gasteiger partial charge is 0.290 e. The molecule has 0 unspecified atom stereocenters. The molecule has 0 fully saturated rings. The fraction of sp³-hybridized carbons (Fsp3) is 0.389. The summed E-state index contributed by atoms with van der Waals surface area (Å²) in [5.74, 6) is 0. The lowest BCUT2D eigenvalue weighted by atomic mass is 9.94. The molecule has 1 N–H and O–H groups in total. The van der Waals surface area contributed by atoms with Crippen molar-refractivity contribution < 1.29 is 14.1 Å². The first kappa shape index (κ1) is 17.6. The van der Waals surface area contributed by atoms with Crippen molar-refractivity contribution >= 4 is 19.4 Å². The van der Waals surface area contributed by atoms with Gasteiger partial charge in [0, 0.05) is 18.3 Å². The van der Waals surface area contributed by atoms with Crippen LogP contribution in [0, 0.1) is 6.92 Å². The Balaban J connectivity index is 0.000000595. The Morgan fingerprint density at radius 2 is 1.96 bits per heavy atom. The van der Waals surface area contributed by atoms with Crippen molar-refractivity contribution in [3.05, 3.63) is 46.6 Å². The van der Waals surface area contributed by atoms with Crippen molar-refractivity contribution in [1.82, 2.24) is 4.57 Å². The Morgan fingerprint density at radius 3 is 2.61 bits per heavy atom. The molecule has 0 bridgehead atoms. The van der Waals surface area contributed by atoms with Crippen LogP contribution < -0.4 is 0 Å². The van der Waals surface area contributed by atoms with Crippen LogP contribution in [0.15, 0.2) is 24.3 Å². The quantitative estimate of drug-likeness (QED) is 0.508. The van der Waals surface area contributed by atoms with Crippen molar-refractivity contribution in [1.29, 1.82) is 0 Å². The predicted octanol–water partition coefficient (Wildman–Crippen LogP) is 3.94. The van der Waals surface area contributed by atoms with Crippen LogP contribution in [0.5, 0.6) is 0 Å². The lowest BCUT2D eigenvalue weighted by molar-refractivity contribution is -0.122. The fourth-order valence-electron chi connectivity index (χ4n) is 3.52. The number of fused-ring (bicyclic) bond motifs is 1. The van der Waals surface area contributed by atoms with E-state index in [0.717, 1.165) is 0 Å². The van der Waals surface area contributed by atoms with Gasteiger partial charge in [0.05, 0.1) is 12.3 Å². The maximum absolute atomic E-state index is 8.36. The van der Waals surface area contributed by atoms with E-state index in [9.17, 15) is 0 Å². The van der Waals surface area contributed by atoms with E-state index in [0.29, 0.717) is 6.61 Å². The molecule has 2 aromatic rings. The van der Waals surface area contributed by atoms with E-state index in [1.54, 1.807) is 5.56 Å². The van der Waals surface area contributed by atoms with E-state index in [2.05, 4.69) is 55.7 Å². The molecule has 1 aromatic heterocycles. The number of aromatic nitrogens is 1. The van der Waals surface area contributed by atoms with Gasteiger partial charge in [0.15, 0.2) is 0 Å². The van der Waals surface area contributed by atoms with E-state index < -0.39 is 0 Å². The minimum Gasteiger partial charge on any atom is -0.483 e. The summed E-state index contributed by atoms with van der Waals surface area (Å²) in [4.78, 5) is 8.36. The highest BCUT2D eigenvalue weighted by Crippen LogP contribution is 2.36. The topological polar surface area (TPSA) is 51.5 Å². The van der Waals surface area contributed by atoms with E-state index in [-0.39, 0.29) is 6.47 Å². The number of nitrogens with zero attached hydrogens (tertiary/aromatic N) is 1. The van der Waals surface area contributed by atoms with Gasteiger partial charge in [0.25, 0.3) is 6.47 Å². The molecule has 1 heterocycles. The van der Waals surface area contributed by atoms with E-state index in [4.69, 9.17) is 14.1 Å². The summed E-state index contributed by atoms with van der Waals surface area (Å²) in [6.45, 7) is 2.55. The van der Waals surface area contributed by atoms with Gasteiger partial charge in [-0.15, -0.1) is 0 Å². The van der Waals surface area contributed by atoms with Gasteiger partial charge in [-0.25, -0.2) is 0 Å². The molecule has 0 saturated carbocycles. The van der Waals surface area contributed by atoms with Gasteiger partial charge in [0.2, 0.25) is 0 Å². The first-order chi connectivity index (χ1) is 11.2. The molecule has 124 valence electrons. The molecule has 4 nitrogen and oxygen atoms in total. The van der Waals surface area contributed by atoms with Crippen LogP contribution in [0.1, 0.15) is 35.2 Å². The summed E-state index contributed by atoms with van der Waals surface area (Å²) in [6, 6.07) is 8.47. The molecule has 3 rings (SSSR count). The van der Waals surface area contributed by atoms with Crippen molar-refractivity contribution in [2.75, 3.05) is 0 Å². The molecule has 0 spiro atoms. The summed E-state index contributed by atoms with van der Waals surface area (Å²) in [5.41, 5.74) is 8.34. The highest BCUT2D eigenvalue weighted by atomic mass is 32.1. The molecule has 23 heavy (non-hydrogen) atoms. The lowest BCUT2D eigenvalue weighted by Gasteiger charge is -2.14. The normalized spacial score (nSPS) is 13.0. The highest BCUT2D eigenvalue weighted by Gasteiger charge is 2.22. The van der Waals surface area contributed by atoms with E-state index in [1.165, 1.54) is 53.8 Å². The third kappa shape index (κ3) is 3.62. The Hall–Kier alpha value is -1.72. The average Bonchev–Trinajstić information content (AvgIpc) is 2.81. The maximum atomic E-state index is 8.36. The van der Waals surface area contributed by atoms with Crippen LogP contribution >= 0.6 is 12.9 Å².